The second-order valence-corrected chi connectivity index (χ2v) is 3.14. The maximum absolute atomic E-state index is 7.80. The van der Waals surface area contributed by atoms with E-state index in [2.05, 4.69) is 26.0 Å². The van der Waals surface area contributed by atoms with Crippen LogP contribution in [0.2, 0.25) is 0 Å². The molecule has 2 aromatic heterocycles. The van der Waals surface area contributed by atoms with Crippen LogP contribution in [-0.4, -0.2) is 14.8 Å². The van der Waals surface area contributed by atoms with Crippen LogP contribution >= 0.6 is 15.9 Å². The molecule has 0 unspecified atom stereocenters. The Bertz CT molecular complexity index is 592. The molecule has 0 aliphatic rings. The summed E-state index contributed by atoms with van der Waals surface area (Å²) in [4.78, 5) is 4.07. The topological polar surface area (TPSA) is 30.7 Å². The summed E-state index contributed by atoms with van der Waals surface area (Å²) >= 11 is 3.18. The lowest BCUT2D eigenvalue weighted by Gasteiger charge is -1.99. The van der Waals surface area contributed by atoms with E-state index in [1.165, 1.54) is 0 Å². The van der Waals surface area contributed by atoms with Gasteiger partial charge in [-0.3, -0.25) is 0 Å². The first-order chi connectivity index (χ1) is 8.30. The van der Waals surface area contributed by atoms with Gasteiger partial charge in [-0.05, 0) is 40.5 Å². The van der Waals surface area contributed by atoms with Crippen LogP contribution in [0.25, 0.3) is 5.82 Å². The van der Waals surface area contributed by atoms with Gasteiger partial charge in [0.2, 0.25) is 0 Å². The van der Waals surface area contributed by atoms with Crippen molar-refractivity contribution >= 4 is 15.9 Å². The largest absolute Gasteiger partial charge is 0.222 e. The smallest absolute Gasteiger partial charge is 0.154 e. The lowest BCUT2D eigenvalue weighted by Crippen LogP contribution is -1.96. The molecule has 0 aliphatic carbocycles. The third-order valence-corrected chi connectivity index (χ3v) is 1.84. The molecule has 0 radical (unpaired) electrons. The highest BCUT2D eigenvalue weighted by Crippen LogP contribution is 2.09. The summed E-state index contributed by atoms with van der Waals surface area (Å²) in [5, 5.41) is 3.74. The summed E-state index contributed by atoms with van der Waals surface area (Å²) in [6, 6.07) is 4.97. The number of hydrogen-bond donors (Lipinski definition) is 0. The summed E-state index contributed by atoms with van der Waals surface area (Å²) in [7, 11) is 0. The van der Waals surface area contributed by atoms with E-state index in [1.807, 2.05) is 0 Å². The van der Waals surface area contributed by atoms with Gasteiger partial charge in [-0.25, -0.2) is 9.67 Å². The average molecular weight is 243 g/mol. The van der Waals surface area contributed by atoms with Gasteiger partial charge in [0.25, 0.3) is 0 Å². The molecule has 66 valence electrons. The van der Waals surface area contributed by atoms with E-state index in [1.54, 1.807) is 18.2 Å². The number of halogens is 1. The van der Waals surface area contributed by atoms with E-state index in [0.29, 0.717) is 10.4 Å². The molecule has 0 fully saturated rings. The van der Waals surface area contributed by atoms with Gasteiger partial charge in [-0.15, -0.1) is 0 Å². The van der Waals surface area contributed by atoms with Crippen LogP contribution < -0.4 is 0 Å². The molecule has 0 bridgehead atoms. The Hall–Kier alpha value is -1.16. The van der Waals surface area contributed by atoms with Crippen molar-refractivity contribution in [1.82, 2.24) is 14.8 Å². The standard InChI is InChI=1S/C9H8BrN3/c1-7-5-11-13(6-7)9-4-2-3-8(10)12-9/h2-6H,1H3/i1D3,5D,6D. The first-order valence-corrected chi connectivity index (χ1v) is 4.29. The maximum atomic E-state index is 7.80. The minimum atomic E-state index is -2.53. The van der Waals surface area contributed by atoms with Crippen LogP contribution in [0.15, 0.2) is 35.1 Å². The van der Waals surface area contributed by atoms with Gasteiger partial charge in [0, 0.05) is 10.3 Å². The second kappa shape index (κ2) is 3.30. The van der Waals surface area contributed by atoms with E-state index in [-0.39, 0.29) is 11.7 Å². The third-order valence-electron chi connectivity index (χ3n) is 1.40. The molecule has 13 heavy (non-hydrogen) atoms. The zero-order valence-corrected chi connectivity index (χ0v) is 8.04. The lowest BCUT2D eigenvalue weighted by atomic mass is 10.4. The summed E-state index contributed by atoms with van der Waals surface area (Å²) < 4.78 is 38.8. The fraction of sp³-hybridized carbons (Fsp3) is 0.111. The van der Waals surface area contributed by atoms with Gasteiger partial charge in [-0.1, -0.05) is 6.07 Å². The molecular formula is C9H8BrN3. The van der Waals surface area contributed by atoms with Crippen molar-refractivity contribution < 1.29 is 6.85 Å². The Balaban J connectivity index is 2.61. The molecule has 2 rings (SSSR count). The molecule has 0 aliphatic heterocycles. The number of aromatic nitrogens is 3. The van der Waals surface area contributed by atoms with Crippen molar-refractivity contribution in [2.75, 3.05) is 0 Å². The molecule has 0 atom stereocenters. The highest BCUT2D eigenvalue weighted by atomic mass is 79.9. The molecule has 2 heterocycles. The Morgan fingerprint density at radius 2 is 2.54 bits per heavy atom. The van der Waals surface area contributed by atoms with Crippen molar-refractivity contribution in [2.24, 2.45) is 0 Å². The van der Waals surface area contributed by atoms with E-state index in [9.17, 15) is 0 Å². The lowest BCUT2D eigenvalue weighted by molar-refractivity contribution is 0.843. The summed E-state index contributed by atoms with van der Waals surface area (Å²) in [6.07, 6.45) is -0.771. The summed E-state index contributed by atoms with van der Waals surface area (Å²) in [5.74, 6) is 0.290. The predicted octanol–water partition coefficient (Wildman–Crippen LogP) is 2.34. The van der Waals surface area contributed by atoms with Gasteiger partial charge >= 0.3 is 0 Å². The Labute approximate surface area is 91.6 Å². The zero-order valence-electron chi connectivity index (χ0n) is 11.5. The van der Waals surface area contributed by atoms with Crippen molar-refractivity contribution in [3.8, 4) is 5.82 Å². The van der Waals surface area contributed by atoms with Crippen LogP contribution in [0.3, 0.4) is 0 Å². The van der Waals surface area contributed by atoms with Crippen molar-refractivity contribution in [2.45, 2.75) is 6.85 Å². The fourth-order valence-corrected chi connectivity index (χ4v) is 1.21. The average Bonchev–Trinajstić information content (AvgIpc) is 2.53. The minimum absolute atomic E-state index is 0.290. The second-order valence-electron chi connectivity index (χ2n) is 2.33. The van der Waals surface area contributed by atoms with Crippen LogP contribution in [-0.2, 0) is 0 Å². The predicted molar refractivity (Wildman–Crippen MR) is 53.8 cm³/mol. The molecule has 0 N–H and O–H groups in total. The number of rotatable bonds is 1. The molecule has 3 nitrogen and oxygen atoms in total. The van der Waals surface area contributed by atoms with Crippen LogP contribution in [0.4, 0.5) is 0 Å². The Morgan fingerprint density at radius 1 is 1.62 bits per heavy atom. The van der Waals surface area contributed by atoms with Gasteiger partial charge in [0.05, 0.1) is 8.91 Å². The molecule has 0 spiro atoms. The molecule has 0 saturated carbocycles. The Kier molecular flexibility index (Phi) is 1.11. The molecule has 0 aromatic carbocycles. The first kappa shape index (κ1) is 4.37. The molecule has 2 aromatic rings. The minimum Gasteiger partial charge on any atom is -0.222 e. The summed E-state index contributed by atoms with van der Waals surface area (Å²) in [6.45, 7) is -2.53. The van der Waals surface area contributed by atoms with E-state index in [4.69, 9.17) is 6.85 Å². The number of hydrogen-bond acceptors (Lipinski definition) is 2. The van der Waals surface area contributed by atoms with E-state index < -0.39 is 13.0 Å². The van der Waals surface area contributed by atoms with Crippen LogP contribution in [0, 0.1) is 6.85 Å². The zero-order chi connectivity index (χ0) is 13.5. The van der Waals surface area contributed by atoms with E-state index >= 15 is 0 Å². The number of nitrogens with zero attached hydrogens (tertiary/aromatic N) is 3. The molecule has 0 saturated heterocycles. The van der Waals surface area contributed by atoms with Gasteiger partial charge < -0.3 is 0 Å². The van der Waals surface area contributed by atoms with E-state index in [0.717, 1.165) is 4.68 Å². The molecule has 0 amide bonds. The fourth-order valence-electron chi connectivity index (χ4n) is 0.880. The van der Waals surface area contributed by atoms with Gasteiger partial charge in [-0.2, -0.15) is 5.10 Å². The molecule has 4 heteroatoms. The normalized spacial score (nSPS) is 16.8. The van der Waals surface area contributed by atoms with Crippen molar-refractivity contribution in [3.63, 3.8) is 0 Å². The SMILES string of the molecule is [2H]c1nn(-c2cccc(Br)n2)c([2H])c1C([2H])([2H])[2H]. The molecular weight excluding hydrogens is 230 g/mol. The van der Waals surface area contributed by atoms with Crippen molar-refractivity contribution in [3.05, 3.63) is 40.7 Å². The van der Waals surface area contributed by atoms with Gasteiger partial charge in [0.1, 0.15) is 4.60 Å². The maximum Gasteiger partial charge on any atom is 0.154 e. The summed E-state index contributed by atoms with van der Waals surface area (Å²) in [5.41, 5.74) is -0.371. The third kappa shape index (κ3) is 1.78. The monoisotopic (exact) mass is 242 g/mol. The van der Waals surface area contributed by atoms with Gasteiger partial charge in [0.15, 0.2) is 5.82 Å². The highest BCUT2D eigenvalue weighted by Gasteiger charge is 1.98. The highest BCUT2D eigenvalue weighted by molar-refractivity contribution is 9.10. The van der Waals surface area contributed by atoms with Crippen molar-refractivity contribution in [1.29, 1.82) is 0 Å². The van der Waals surface area contributed by atoms with Crippen LogP contribution in [0.1, 0.15) is 12.4 Å². The quantitative estimate of drug-likeness (QED) is 0.719. The Morgan fingerprint density at radius 3 is 3.23 bits per heavy atom. The number of pyridine rings is 1. The first-order valence-electron chi connectivity index (χ1n) is 6.00. The van der Waals surface area contributed by atoms with Crippen LogP contribution in [0.5, 0.6) is 0 Å².